The van der Waals surface area contributed by atoms with Crippen LogP contribution in [0.2, 0.25) is 0 Å². The highest BCUT2D eigenvalue weighted by Gasteiger charge is 2.22. The van der Waals surface area contributed by atoms with Gasteiger partial charge in [0.05, 0.1) is 11.3 Å². The monoisotopic (exact) mass is 439 g/mol. The maximum Gasteiger partial charge on any atom is 0.235 e. The Morgan fingerprint density at radius 2 is 2.07 bits per heavy atom. The molecule has 30 heavy (non-hydrogen) atoms. The van der Waals surface area contributed by atoms with Gasteiger partial charge in [0.15, 0.2) is 11.0 Å². The molecule has 2 aromatic heterocycles. The molecule has 2 N–H and O–H groups in total. The third kappa shape index (κ3) is 4.06. The third-order valence-electron chi connectivity index (χ3n) is 5.03. The van der Waals surface area contributed by atoms with Crippen LogP contribution < -0.4 is 5.32 Å². The number of rotatable bonds is 6. The highest BCUT2D eigenvalue weighted by molar-refractivity contribution is 7.99. The van der Waals surface area contributed by atoms with Crippen molar-refractivity contribution in [2.24, 2.45) is 0 Å². The number of thiophene rings is 1. The number of aromatic hydroxyl groups is 1. The fraction of sp³-hybridized carbons (Fsp3) is 0.333. The van der Waals surface area contributed by atoms with Gasteiger partial charge in [0.2, 0.25) is 5.91 Å². The first kappa shape index (κ1) is 20.4. The summed E-state index contributed by atoms with van der Waals surface area (Å²) < 4.78 is 1.94. The Hall–Kier alpha value is -2.83. The van der Waals surface area contributed by atoms with E-state index in [-0.39, 0.29) is 17.4 Å². The first-order valence-corrected chi connectivity index (χ1v) is 11.6. The largest absolute Gasteiger partial charge is 0.508 e. The number of phenolic OH excluding ortho intramolecular Hbond substituents is 1. The van der Waals surface area contributed by atoms with Crippen LogP contribution in [0.25, 0.3) is 11.4 Å². The summed E-state index contributed by atoms with van der Waals surface area (Å²) in [6.45, 7) is 2.65. The van der Waals surface area contributed by atoms with Gasteiger partial charge in [-0.2, -0.15) is 5.26 Å². The number of nitrogens with one attached hydrogen (secondary N) is 1. The van der Waals surface area contributed by atoms with Crippen LogP contribution in [-0.4, -0.2) is 31.5 Å². The molecular formula is C21H21N5O2S2. The van der Waals surface area contributed by atoms with Gasteiger partial charge in [-0.1, -0.05) is 11.8 Å². The Labute approximate surface area is 182 Å². The van der Waals surface area contributed by atoms with E-state index in [1.807, 2.05) is 11.5 Å². The minimum Gasteiger partial charge on any atom is -0.508 e. The van der Waals surface area contributed by atoms with E-state index in [1.165, 1.54) is 28.0 Å². The SMILES string of the molecule is CCn1c(SCC(=O)Nc2sc3c(c2C#N)CCCC3)nnc1-c1ccc(O)cc1. The van der Waals surface area contributed by atoms with Gasteiger partial charge in [0.1, 0.15) is 16.8 Å². The number of carbonyl (C=O) groups is 1. The van der Waals surface area contributed by atoms with Crippen molar-refractivity contribution in [3.8, 4) is 23.2 Å². The number of aromatic nitrogens is 3. The van der Waals surface area contributed by atoms with Gasteiger partial charge in [-0.25, -0.2) is 0 Å². The highest BCUT2D eigenvalue weighted by atomic mass is 32.2. The van der Waals surface area contributed by atoms with Gasteiger partial charge in [0, 0.05) is 17.0 Å². The summed E-state index contributed by atoms with van der Waals surface area (Å²) in [5.41, 5.74) is 2.58. The summed E-state index contributed by atoms with van der Waals surface area (Å²) in [5, 5.41) is 31.8. The van der Waals surface area contributed by atoms with E-state index in [2.05, 4.69) is 21.6 Å². The van der Waals surface area contributed by atoms with Crippen molar-refractivity contribution in [1.29, 1.82) is 5.26 Å². The average Bonchev–Trinajstić information content (AvgIpc) is 3.33. The Balaban J connectivity index is 1.45. The molecular weight excluding hydrogens is 418 g/mol. The van der Waals surface area contributed by atoms with E-state index >= 15 is 0 Å². The topological polar surface area (TPSA) is 104 Å². The second kappa shape index (κ2) is 8.90. The van der Waals surface area contributed by atoms with Crippen molar-refractivity contribution >= 4 is 34.0 Å². The number of anilines is 1. The minimum absolute atomic E-state index is 0.160. The first-order valence-electron chi connectivity index (χ1n) is 9.80. The number of amides is 1. The lowest BCUT2D eigenvalue weighted by atomic mass is 9.96. The summed E-state index contributed by atoms with van der Waals surface area (Å²) in [6.07, 6.45) is 4.13. The molecule has 1 aromatic carbocycles. The quantitative estimate of drug-likeness (QED) is 0.558. The number of nitriles is 1. The van der Waals surface area contributed by atoms with Crippen LogP contribution in [0, 0.1) is 11.3 Å². The van der Waals surface area contributed by atoms with Crippen LogP contribution in [0.15, 0.2) is 29.4 Å². The number of carbonyl (C=O) groups excluding carboxylic acids is 1. The number of phenols is 1. The van der Waals surface area contributed by atoms with Crippen LogP contribution in [-0.2, 0) is 24.2 Å². The second-order valence-corrected chi connectivity index (χ2v) is 9.01. The molecule has 3 aromatic rings. The lowest BCUT2D eigenvalue weighted by Gasteiger charge is -2.09. The molecule has 0 bridgehead atoms. The third-order valence-corrected chi connectivity index (χ3v) is 7.20. The number of hydrogen-bond acceptors (Lipinski definition) is 7. The van der Waals surface area contributed by atoms with Crippen molar-refractivity contribution in [2.45, 2.75) is 44.3 Å². The summed E-state index contributed by atoms with van der Waals surface area (Å²) in [5.74, 6) is 0.908. The van der Waals surface area contributed by atoms with E-state index < -0.39 is 0 Å². The van der Waals surface area contributed by atoms with E-state index in [4.69, 9.17) is 0 Å². The van der Waals surface area contributed by atoms with E-state index in [9.17, 15) is 15.2 Å². The number of nitrogens with zero attached hydrogens (tertiary/aromatic N) is 4. The Bertz CT molecular complexity index is 1110. The van der Waals surface area contributed by atoms with Crippen molar-refractivity contribution in [3.63, 3.8) is 0 Å². The molecule has 0 unspecified atom stereocenters. The summed E-state index contributed by atoms with van der Waals surface area (Å²) in [4.78, 5) is 13.8. The maximum absolute atomic E-state index is 12.6. The lowest BCUT2D eigenvalue weighted by Crippen LogP contribution is -2.14. The highest BCUT2D eigenvalue weighted by Crippen LogP contribution is 2.37. The van der Waals surface area contributed by atoms with Crippen LogP contribution >= 0.6 is 23.1 Å². The molecule has 2 heterocycles. The fourth-order valence-corrected chi connectivity index (χ4v) is 5.63. The van der Waals surface area contributed by atoms with Gasteiger partial charge < -0.3 is 15.0 Å². The molecule has 7 nitrogen and oxygen atoms in total. The second-order valence-electron chi connectivity index (χ2n) is 6.96. The maximum atomic E-state index is 12.6. The van der Waals surface area contributed by atoms with Gasteiger partial charge in [-0.05, 0) is 62.4 Å². The zero-order valence-electron chi connectivity index (χ0n) is 16.5. The first-order chi connectivity index (χ1) is 14.6. The van der Waals surface area contributed by atoms with Crippen LogP contribution in [0.5, 0.6) is 5.75 Å². The molecule has 4 rings (SSSR count). The molecule has 0 saturated carbocycles. The predicted molar refractivity (Wildman–Crippen MR) is 118 cm³/mol. The Morgan fingerprint density at radius 1 is 1.30 bits per heavy atom. The van der Waals surface area contributed by atoms with Crippen LogP contribution in [0.1, 0.15) is 35.8 Å². The van der Waals surface area contributed by atoms with Gasteiger partial charge in [-0.3, -0.25) is 4.79 Å². The zero-order chi connectivity index (χ0) is 21.1. The molecule has 9 heteroatoms. The van der Waals surface area contributed by atoms with Gasteiger partial charge in [0.25, 0.3) is 0 Å². The fourth-order valence-electron chi connectivity index (χ4n) is 3.57. The Morgan fingerprint density at radius 3 is 2.80 bits per heavy atom. The molecule has 1 aliphatic carbocycles. The normalized spacial score (nSPS) is 12.9. The number of hydrogen-bond donors (Lipinski definition) is 2. The number of fused-ring (bicyclic) bond motifs is 1. The summed E-state index contributed by atoms with van der Waals surface area (Å²) >= 11 is 2.85. The molecule has 0 fully saturated rings. The Kier molecular flexibility index (Phi) is 6.06. The molecule has 0 atom stereocenters. The van der Waals surface area contributed by atoms with E-state index in [1.54, 1.807) is 24.3 Å². The molecule has 154 valence electrons. The zero-order valence-corrected chi connectivity index (χ0v) is 18.1. The predicted octanol–water partition coefficient (Wildman–Crippen LogP) is 4.21. The molecule has 0 spiro atoms. The van der Waals surface area contributed by atoms with Crippen molar-refractivity contribution in [1.82, 2.24) is 14.8 Å². The number of benzene rings is 1. The van der Waals surface area contributed by atoms with E-state index in [0.29, 0.717) is 28.1 Å². The standard InChI is InChI=1S/C21H21N5O2S2/c1-2-26-19(13-7-9-14(27)10-8-13)24-25-21(26)29-12-18(28)23-20-16(11-22)15-5-3-4-6-17(15)30-20/h7-10,27H,2-6,12H2,1H3,(H,23,28). The molecule has 0 aliphatic heterocycles. The molecule has 1 amide bonds. The smallest absolute Gasteiger partial charge is 0.235 e. The lowest BCUT2D eigenvalue weighted by molar-refractivity contribution is -0.113. The van der Waals surface area contributed by atoms with Crippen molar-refractivity contribution < 1.29 is 9.90 Å². The molecule has 1 aliphatic rings. The van der Waals surface area contributed by atoms with Crippen molar-refractivity contribution in [2.75, 3.05) is 11.1 Å². The number of thioether (sulfide) groups is 1. The summed E-state index contributed by atoms with van der Waals surface area (Å²) in [6, 6.07) is 9.06. The molecule has 0 radical (unpaired) electrons. The number of aryl methyl sites for hydroxylation is 1. The van der Waals surface area contributed by atoms with Gasteiger partial charge in [-0.15, -0.1) is 21.5 Å². The van der Waals surface area contributed by atoms with Crippen molar-refractivity contribution in [3.05, 3.63) is 40.3 Å². The minimum atomic E-state index is -0.160. The average molecular weight is 440 g/mol. The van der Waals surface area contributed by atoms with E-state index in [0.717, 1.165) is 36.8 Å². The molecule has 0 saturated heterocycles. The van der Waals surface area contributed by atoms with Crippen LogP contribution in [0.4, 0.5) is 5.00 Å². The van der Waals surface area contributed by atoms with Crippen LogP contribution in [0.3, 0.4) is 0 Å². The summed E-state index contributed by atoms with van der Waals surface area (Å²) in [7, 11) is 0. The van der Waals surface area contributed by atoms with Gasteiger partial charge >= 0.3 is 0 Å².